The lowest BCUT2D eigenvalue weighted by Gasteiger charge is -2.01. The van der Waals surface area contributed by atoms with Crippen molar-refractivity contribution in [2.24, 2.45) is 4.99 Å². The minimum absolute atomic E-state index is 0.153. The summed E-state index contributed by atoms with van der Waals surface area (Å²) in [5.74, 6) is -0.153. The van der Waals surface area contributed by atoms with Crippen molar-refractivity contribution in [1.82, 2.24) is 15.1 Å². The SMILES string of the molecule is O=C1NC(=Nc2ccccc2)S/C1=C\c1cn(Cc2ccccc2)nc1-c1ccccc1. The van der Waals surface area contributed by atoms with E-state index in [1.165, 1.54) is 17.3 Å². The molecule has 1 amide bonds. The highest BCUT2D eigenvalue weighted by Crippen LogP contribution is 2.31. The third-order valence-electron chi connectivity index (χ3n) is 4.95. The summed E-state index contributed by atoms with van der Waals surface area (Å²) in [6, 6.07) is 29.8. The van der Waals surface area contributed by atoms with Crippen LogP contribution in [-0.4, -0.2) is 20.9 Å². The van der Waals surface area contributed by atoms with Gasteiger partial charge in [-0.15, -0.1) is 0 Å². The molecule has 32 heavy (non-hydrogen) atoms. The van der Waals surface area contributed by atoms with E-state index in [1.54, 1.807) is 0 Å². The van der Waals surface area contributed by atoms with Crippen LogP contribution in [0.15, 0.2) is 107 Å². The standard InChI is InChI=1S/C26H20N4OS/c31-25-23(32-26(28-25)27-22-14-8-3-9-15-22)16-21-18-30(17-19-10-4-1-5-11-19)29-24(21)20-12-6-2-7-13-20/h1-16,18H,17H2,(H,27,28,31)/b23-16-. The molecule has 5 nitrogen and oxygen atoms in total. The van der Waals surface area contributed by atoms with Crippen LogP contribution in [0.1, 0.15) is 11.1 Å². The third kappa shape index (κ3) is 4.55. The maximum absolute atomic E-state index is 12.6. The second-order valence-corrected chi connectivity index (χ2v) is 8.33. The Balaban J connectivity index is 1.48. The topological polar surface area (TPSA) is 59.3 Å². The van der Waals surface area contributed by atoms with E-state index in [9.17, 15) is 4.79 Å². The molecule has 1 aliphatic rings. The fourth-order valence-corrected chi connectivity index (χ4v) is 4.29. The number of benzene rings is 3. The van der Waals surface area contributed by atoms with E-state index in [0.717, 1.165) is 22.5 Å². The molecular formula is C26H20N4OS. The monoisotopic (exact) mass is 436 g/mol. The average molecular weight is 437 g/mol. The number of para-hydroxylation sites is 1. The lowest BCUT2D eigenvalue weighted by Crippen LogP contribution is -2.19. The number of nitrogens with one attached hydrogen (secondary N) is 1. The van der Waals surface area contributed by atoms with Crippen molar-refractivity contribution in [3.8, 4) is 11.3 Å². The first-order valence-electron chi connectivity index (χ1n) is 10.3. The molecule has 1 aromatic heterocycles. The minimum atomic E-state index is -0.153. The summed E-state index contributed by atoms with van der Waals surface area (Å²) < 4.78 is 1.92. The molecule has 0 aliphatic carbocycles. The number of hydrogen-bond acceptors (Lipinski definition) is 4. The van der Waals surface area contributed by atoms with E-state index >= 15 is 0 Å². The van der Waals surface area contributed by atoms with Gasteiger partial charge < -0.3 is 5.32 Å². The first kappa shape index (κ1) is 20.0. The van der Waals surface area contributed by atoms with Crippen LogP contribution in [0.4, 0.5) is 5.69 Å². The second-order valence-electron chi connectivity index (χ2n) is 7.30. The third-order valence-corrected chi connectivity index (χ3v) is 5.86. The molecule has 1 aliphatic heterocycles. The van der Waals surface area contributed by atoms with Crippen molar-refractivity contribution in [3.05, 3.63) is 113 Å². The highest BCUT2D eigenvalue weighted by molar-refractivity contribution is 8.18. The molecule has 0 saturated carbocycles. The Labute approximate surface area is 190 Å². The summed E-state index contributed by atoms with van der Waals surface area (Å²) >= 11 is 1.34. The maximum atomic E-state index is 12.6. The quantitative estimate of drug-likeness (QED) is 0.421. The van der Waals surface area contributed by atoms with Crippen LogP contribution in [0.3, 0.4) is 0 Å². The van der Waals surface area contributed by atoms with Crippen LogP contribution in [-0.2, 0) is 11.3 Å². The number of carbonyl (C=O) groups excluding carboxylic acids is 1. The van der Waals surface area contributed by atoms with Gasteiger partial charge in [-0.1, -0.05) is 78.9 Å². The number of rotatable bonds is 5. The molecule has 6 heteroatoms. The summed E-state index contributed by atoms with van der Waals surface area (Å²) in [5.41, 5.74) is 4.71. The maximum Gasteiger partial charge on any atom is 0.264 e. The number of amidine groups is 1. The molecule has 4 aromatic rings. The molecule has 1 fully saturated rings. The molecule has 0 spiro atoms. The summed E-state index contributed by atoms with van der Waals surface area (Å²) in [5, 5.41) is 8.26. The zero-order valence-corrected chi connectivity index (χ0v) is 18.0. The number of amides is 1. The fourth-order valence-electron chi connectivity index (χ4n) is 3.46. The van der Waals surface area contributed by atoms with Gasteiger partial charge in [0.2, 0.25) is 0 Å². The van der Waals surface area contributed by atoms with Crippen molar-refractivity contribution < 1.29 is 4.79 Å². The van der Waals surface area contributed by atoms with Gasteiger partial charge in [-0.25, -0.2) is 4.99 Å². The number of aromatic nitrogens is 2. The Morgan fingerprint density at radius 1 is 0.906 bits per heavy atom. The zero-order chi connectivity index (χ0) is 21.8. The molecule has 1 N–H and O–H groups in total. The Morgan fingerprint density at radius 2 is 1.56 bits per heavy atom. The fraction of sp³-hybridized carbons (Fsp3) is 0.0385. The molecule has 0 unspecified atom stereocenters. The van der Waals surface area contributed by atoms with Gasteiger partial charge in [-0.05, 0) is 35.5 Å². The van der Waals surface area contributed by atoms with Gasteiger partial charge in [0.1, 0.15) is 0 Å². The summed E-state index contributed by atoms with van der Waals surface area (Å²) in [6.07, 6.45) is 3.88. The summed E-state index contributed by atoms with van der Waals surface area (Å²) in [6.45, 7) is 0.657. The minimum Gasteiger partial charge on any atom is -0.300 e. The van der Waals surface area contributed by atoms with E-state index in [0.29, 0.717) is 16.6 Å². The molecule has 0 atom stereocenters. The van der Waals surface area contributed by atoms with Crippen molar-refractivity contribution >= 4 is 34.6 Å². The van der Waals surface area contributed by atoms with Crippen LogP contribution >= 0.6 is 11.8 Å². The molecule has 156 valence electrons. The largest absolute Gasteiger partial charge is 0.300 e. The Kier molecular flexibility index (Phi) is 5.68. The van der Waals surface area contributed by atoms with Crippen LogP contribution < -0.4 is 5.32 Å². The second kappa shape index (κ2) is 9.08. The lowest BCUT2D eigenvalue weighted by atomic mass is 10.1. The number of hydrogen-bond donors (Lipinski definition) is 1. The highest BCUT2D eigenvalue weighted by atomic mass is 32.2. The van der Waals surface area contributed by atoms with E-state index in [1.807, 2.05) is 95.8 Å². The molecular weight excluding hydrogens is 416 g/mol. The van der Waals surface area contributed by atoms with E-state index < -0.39 is 0 Å². The average Bonchev–Trinajstić information content (AvgIpc) is 3.38. The number of aliphatic imine (C=N–C) groups is 1. The van der Waals surface area contributed by atoms with Crippen molar-refractivity contribution in [3.63, 3.8) is 0 Å². The van der Waals surface area contributed by atoms with Crippen molar-refractivity contribution in [2.75, 3.05) is 0 Å². The van der Waals surface area contributed by atoms with Gasteiger partial charge in [-0.3, -0.25) is 9.48 Å². The van der Waals surface area contributed by atoms with Crippen molar-refractivity contribution in [2.45, 2.75) is 6.54 Å². The van der Waals surface area contributed by atoms with Gasteiger partial charge in [0, 0.05) is 17.3 Å². The van der Waals surface area contributed by atoms with Crippen LogP contribution in [0, 0.1) is 0 Å². The molecule has 2 heterocycles. The predicted molar refractivity (Wildman–Crippen MR) is 130 cm³/mol. The number of carbonyl (C=O) groups is 1. The molecule has 1 saturated heterocycles. The van der Waals surface area contributed by atoms with Crippen LogP contribution in [0.5, 0.6) is 0 Å². The summed E-state index contributed by atoms with van der Waals surface area (Å²) in [4.78, 5) is 17.7. The van der Waals surface area contributed by atoms with E-state index in [2.05, 4.69) is 22.4 Å². The van der Waals surface area contributed by atoms with Gasteiger partial charge in [0.05, 0.1) is 22.8 Å². The van der Waals surface area contributed by atoms with E-state index in [4.69, 9.17) is 5.10 Å². The predicted octanol–water partition coefficient (Wildman–Crippen LogP) is 5.49. The van der Waals surface area contributed by atoms with Crippen molar-refractivity contribution in [1.29, 1.82) is 0 Å². The highest BCUT2D eigenvalue weighted by Gasteiger charge is 2.25. The van der Waals surface area contributed by atoms with Gasteiger partial charge in [0.25, 0.3) is 5.91 Å². The smallest absolute Gasteiger partial charge is 0.264 e. The molecule has 5 rings (SSSR count). The van der Waals surface area contributed by atoms with Crippen LogP contribution in [0.25, 0.3) is 17.3 Å². The number of nitrogens with zero attached hydrogens (tertiary/aromatic N) is 3. The first-order chi connectivity index (χ1) is 15.7. The van der Waals surface area contributed by atoms with Gasteiger partial charge in [-0.2, -0.15) is 5.10 Å². The number of thioether (sulfide) groups is 1. The zero-order valence-electron chi connectivity index (χ0n) is 17.2. The Hall–Kier alpha value is -3.90. The first-order valence-corrected chi connectivity index (χ1v) is 11.1. The Bertz CT molecular complexity index is 1300. The van der Waals surface area contributed by atoms with Gasteiger partial charge >= 0.3 is 0 Å². The summed E-state index contributed by atoms with van der Waals surface area (Å²) in [7, 11) is 0. The Morgan fingerprint density at radius 3 is 2.28 bits per heavy atom. The molecule has 0 radical (unpaired) electrons. The molecule has 0 bridgehead atoms. The van der Waals surface area contributed by atoms with Gasteiger partial charge in [0.15, 0.2) is 5.17 Å². The lowest BCUT2D eigenvalue weighted by molar-refractivity contribution is -0.115. The molecule has 3 aromatic carbocycles. The van der Waals surface area contributed by atoms with E-state index in [-0.39, 0.29) is 5.91 Å². The van der Waals surface area contributed by atoms with Crippen LogP contribution in [0.2, 0.25) is 0 Å². The normalized spacial score (nSPS) is 15.9.